The number of ketones is 1. The minimum absolute atomic E-state index is 0.111. The number of benzene rings is 3. The van der Waals surface area contributed by atoms with Gasteiger partial charge in [0.05, 0.1) is 37.6 Å². The van der Waals surface area contributed by atoms with Crippen LogP contribution in [-0.4, -0.2) is 48.1 Å². The average Bonchev–Trinajstić information content (AvgIpc) is 3.57. The minimum atomic E-state index is -1.10. The second-order valence-electron chi connectivity index (χ2n) is 10.4. The lowest BCUT2D eigenvalue weighted by atomic mass is 9.94. The smallest absolute Gasteiger partial charge is 0.350 e. The highest BCUT2D eigenvalue weighted by Gasteiger charge is 2.48. The zero-order valence-electron chi connectivity index (χ0n) is 26.2. The summed E-state index contributed by atoms with van der Waals surface area (Å²) in [4.78, 5) is 46.0. The largest absolute Gasteiger partial charge is 0.507 e. The molecule has 0 bridgehead atoms. The molecule has 0 saturated carbocycles. The van der Waals surface area contributed by atoms with E-state index in [2.05, 4.69) is 4.98 Å². The van der Waals surface area contributed by atoms with Gasteiger partial charge >= 0.3 is 11.9 Å². The zero-order valence-corrected chi connectivity index (χ0v) is 27.0. The number of amides is 1. The molecule has 0 unspecified atom stereocenters. The van der Waals surface area contributed by atoms with Crippen molar-refractivity contribution in [1.29, 1.82) is 0 Å². The molecule has 1 atom stereocenters. The molecule has 0 radical (unpaired) electrons. The van der Waals surface area contributed by atoms with Crippen LogP contribution >= 0.6 is 11.3 Å². The van der Waals surface area contributed by atoms with Gasteiger partial charge < -0.3 is 24.1 Å². The summed E-state index contributed by atoms with van der Waals surface area (Å²) in [5.74, 6) is -1.28. The molecule has 1 aliphatic rings. The summed E-state index contributed by atoms with van der Waals surface area (Å²) in [6, 6.07) is 18.7. The van der Waals surface area contributed by atoms with Gasteiger partial charge in [0, 0.05) is 5.56 Å². The van der Waals surface area contributed by atoms with Gasteiger partial charge in [0.1, 0.15) is 23.0 Å². The van der Waals surface area contributed by atoms with E-state index in [1.807, 2.05) is 44.2 Å². The highest BCUT2D eigenvalue weighted by atomic mass is 32.1. The van der Waals surface area contributed by atoms with E-state index in [1.54, 1.807) is 50.2 Å². The predicted molar refractivity (Wildman–Crippen MR) is 174 cm³/mol. The number of rotatable bonds is 11. The van der Waals surface area contributed by atoms with Gasteiger partial charge in [-0.3, -0.25) is 14.5 Å². The van der Waals surface area contributed by atoms with Crippen molar-refractivity contribution in [3.8, 4) is 17.2 Å². The number of nitrogens with zero attached hydrogens (tertiary/aromatic N) is 2. The topological polar surface area (TPSA) is 124 Å². The number of Topliss-reactive ketones (excluding diaryl/α,β-unsaturated/α-hetero) is 1. The second kappa shape index (κ2) is 13.9. The van der Waals surface area contributed by atoms with Crippen molar-refractivity contribution in [1.82, 2.24) is 4.98 Å². The fourth-order valence-corrected chi connectivity index (χ4v) is 6.18. The first kappa shape index (κ1) is 32.2. The molecule has 1 fully saturated rings. The van der Waals surface area contributed by atoms with Gasteiger partial charge in [-0.1, -0.05) is 47.7 Å². The maximum atomic E-state index is 13.7. The zero-order chi connectivity index (χ0) is 33.0. The molecule has 1 saturated heterocycles. The van der Waals surface area contributed by atoms with Crippen LogP contribution in [0.15, 0.2) is 72.3 Å². The monoisotopic (exact) mass is 642 g/mol. The van der Waals surface area contributed by atoms with Gasteiger partial charge in [0.25, 0.3) is 5.78 Å². The van der Waals surface area contributed by atoms with Crippen molar-refractivity contribution in [2.75, 3.05) is 25.2 Å². The summed E-state index contributed by atoms with van der Waals surface area (Å²) in [6.45, 7) is 7.91. The third kappa shape index (κ3) is 6.32. The van der Waals surface area contributed by atoms with Crippen molar-refractivity contribution in [3.05, 3.63) is 105 Å². The van der Waals surface area contributed by atoms with Gasteiger partial charge in [-0.2, -0.15) is 0 Å². The Balaban J connectivity index is 1.61. The van der Waals surface area contributed by atoms with Crippen LogP contribution in [0.1, 0.15) is 57.5 Å². The van der Waals surface area contributed by atoms with Gasteiger partial charge in [0.15, 0.2) is 16.6 Å². The number of aliphatic hydroxyl groups excluding tert-OH is 1. The first-order valence-electron chi connectivity index (χ1n) is 14.7. The molecule has 5 rings (SSSR count). The summed E-state index contributed by atoms with van der Waals surface area (Å²) in [7, 11) is 1.48. The Bertz CT molecular complexity index is 1810. The van der Waals surface area contributed by atoms with Gasteiger partial charge in [0.2, 0.25) is 0 Å². The lowest BCUT2D eigenvalue weighted by molar-refractivity contribution is -0.132. The molecule has 0 spiro atoms. The van der Waals surface area contributed by atoms with Gasteiger partial charge in [-0.05, 0) is 74.7 Å². The molecule has 1 N–H and O–H groups in total. The Morgan fingerprint density at radius 2 is 1.67 bits per heavy atom. The molecule has 4 aromatic rings. The Kier molecular flexibility index (Phi) is 9.72. The van der Waals surface area contributed by atoms with Crippen molar-refractivity contribution in [3.63, 3.8) is 0 Å². The lowest BCUT2D eigenvalue weighted by Gasteiger charge is -2.24. The number of aromatic nitrogens is 1. The molecule has 11 heteroatoms. The second-order valence-corrected chi connectivity index (χ2v) is 11.4. The average molecular weight is 643 g/mol. The molecule has 46 heavy (non-hydrogen) atoms. The summed E-state index contributed by atoms with van der Waals surface area (Å²) >= 11 is 0.938. The summed E-state index contributed by atoms with van der Waals surface area (Å²) in [6.07, 6.45) is 0. The number of hydrogen-bond acceptors (Lipinski definition) is 10. The van der Waals surface area contributed by atoms with Crippen LogP contribution in [0.4, 0.5) is 5.13 Å². The molecule has 238 valence electrons. The Labute approximate surface area is 270 Å². The van der Waals surface area contributed by atoms with E-state index in [1.165, 1.54) is 12.0 Å². The van der Waals surface area contributed by atoms with E-state index in [0.717, 1.165) is 22.5 Å². The van der Waals surface area contributed by atoms with E-state index in [-0.39, 0.29) is 27.9 Å². The number of methoxy groups -OCH3 is 1. The SMILES string of the molecule is CCOC(=O)c1sc(N2C(=O)C(=O)/C(=C(/O)c3ccc(OCc4ccccc4)c(C)c3)[C@@H]2c2ccc(OCC)c(OC)c2)nc1C. The molecular formula is C35H34N2O8S. The van der Waals surface area contributed by atoms with Crippen molar-refractivity contribution in [2.24, 2.45) is 0 Å². The van der Waals surface area contributed by atoms with Crippen LogP contribution in [0.5, 0.6) is 17.2 Å². The van der Waals surface area contributed by atoms with Crippen molar-refractivity contribution >= 4 is 39.9 Å². The molecular weight excluding hydrogens is 608 g/mol. The van der Waals surface area contributed by atoms with Gasteiger partial charge in [-0.25, -0.2) is 9.78 Å². The fourth-order valence-electron chi connectivity index (χ4n) is 5.19. The van der Waals surface area contributed by atoms with Gasteiger partial charge in [-0.15, -0.1) is 0 Å². The number of anilines is 1. The number of hydrogen-bond donors (Lipinski definition) is 1. The van der Waals surface area contributed by atoms with Crippen LogP contribution in [0, 0.1) is 13.8 Å². The maximum absolute atomic E-state index is 13.7. The number of carbonyl (C=O) groups is 3. The standard InChI is InChI=1S/C35H34N2O8S/c1-6-43-26-16-13-23(18-27(26)42-5)29-28(31(39)33(40)37(29)35-36-21(4)32(46-35)34(41)44-7-2)30(38)24-14-15-25(20(3)17-24)45-19-22-11-9-8-10-12-22/h8-18,29,38H,6-7,19H2,1-5H3/b30-28+/t29-/m0/s1. The number of aryl methyl sites for hydroxylation is 2. The lowest BCUT2D eigenvalue weighted by Crippen LogP contribution is -2.29. The minimum Gasteiger partial charge on any atom is -0.507 e. The highest BCUT2D eigenvalue weighted by molar-refractivity contribution is 7.17. The quantitative estimate of drug-likeness (QED) is 0.0839. The maximum Gasteiger partial charge on any atom is 0.350 e. The first-order chi connectivity index (χ1) is 22.2. The number of esters is 1. The first-order valence-corrected chi connectivity index (χ1v) is 15.5. The molecule has 1 aromatic heterocycles. The van der Waals surface area contributed by atoms with Crippen LogP contribution in [-0.2, 0) is 20.9 Å². The summed E-state index contributed by atoms with van der Waals surface area (Å²) < 4.78 is 22.4. The predicted octanol–water partition coefficient (Wildman–Crippen LogP) is 6.55. The van der Waals surface area contributed by atoms with Crippen molar-refractivity contribution < 1.29 is 38.4 Å². The summed E-state index contributed by atoms with van der Waals surface area (Å²) in [5.41, 5.74) is 2.73. The molecule has 0 aliphatic carbocycles. The molecule has 2 heterocycles. The number of thiazole rings is 1. The molecule has 3 aromatic carbocycles. The number of carbonyl (C=O) groups excluding carboxylic acids is 3. The summed E-state index contributed by atoms with van der Waals surface area (Å²) in [5, 5.41) is 11.8. The molecule has 1 aliphatic heterocycles. The third-order valence-corrected chi connectivity index (χ3v) is 8.52. The number of ether oxygens (including phenoxy) is 4. The highest BCUT2D eigenvalue weighted by Crippen LogP contribution is 2.45. The van der Waals surface area contributed by atoms with E-state index in [0.29, 0.717) is 47.3 Å². The van der Waals surface area contributed by atoms with E-state index in [4.69, 9.17) is 18.9 Å². The normalized spacial score (nSPS) is 15.6. The van der Waals surface area contributed by atoms with E-state index >= 15 is 0 Å². The van der Waals surface area contributed by atoms with Crippen LogP contribution in [0.2, 0.25) is 0 Å². The van der Waals surface area contributed by atoms with Crippen LogP contribution in [0.3, 0.4) is 0 Å². The molecule has 1 amide bonds. The van der Waals surface area contributed by atoms with Crippen LogP contribution < -0.4 is 19.1 Å². The Morgan fingerprint density at radius 1 is 0.935 bits per heavy atom. The van der Waals surface area contributed by atoms with E-state index in [9.17, 15) is 19.5 Å². The third-order valence-electron chi connectivity index (χ3n) is 7.39. The van der Waals surface area contributed by atoms with Crippen LogP contribution in [0.25, 0.3) is 5.76 Å². The number of aliphatic hydroxyl groups is 1. The Morgan fingerprint density at radius 3 is 2.35 bits per heavy atom. The van der Waals surface area contributed by atoms with Crippen molar-refractivity contribution in [2.45, 2.75) is 40.3 Å². The fraction of sp³-hybridized carbons (Fsp3) is 0.257. The Hall–Kier alpha value is -5.16. The molecule has 10 nitrogen and oxygen atoms in total. The van der Waals surface area contributed by atoms with E-state index < -0.39 is 23.7 Å².